The Morgan fingerprint density at radius 3 is 2.64 bits per heavy atom. The van der Waals surface area contributed by atoms with Crippen LogP contribution in [0.2, 0.25) is 0 Å². The minimum Gasteiger partial charge on any atom is -0.256 e. The topological polar surface area (TPSA) is 12.9 Å². The zero-order valence-corrected chi connectivity index (χ0v) is 9.45. The first-order chi connectivity index (χ1) is 6.77. The van der Waals surface area contributed by atoms with E-state index in [0.29, 0.717) is 0 Å². The number of aryl methyl sites for hydroxylation is 1. The number of aromatic nitrogens is 1. The Bertz CT molecular complexity index is 437. The van der Waals surface area contributed by atoms with Gasteiger partial charge in [0.25, 0.3) is 0 Å². The summed E-state index contributed by atoms with van der Waals surface area (Å²) in [6.07, 6.45) is 1.81. The highest BCUT2D eigenvalue weighted by atomic mass is 79.9. The second-order valence-electron chi connectivity index (χ2n) is 3.20. The number of nitrogens with zero attached hydrogens (tertiary/aromatic N) is 1. The molecule has 2 rings (SSSR count). The standard InChI is InChI=1S/C12H10BrN/c1-9-5-6-10(11(13)8-9)12-4-2-3-7-14-12/h2-8H,1H3. The largest absolute Gasteiger partial charge is 0.256 e. The van der Waals surface area contributed by atoms with Gasteiger partial charge in [0.05, 0.1) is 5.69 Å². The molecule has 0 spiro atoms. The van der Waals surface area contributed by atoms with Crippen molar-refractivity contribution in [3.8, 4) is 11.3 Å². The van der Waals surface area contributed by atoms with Crippen molar-refractivity contribution in [2.45, 2.75) is 6.92 Å². The van der Waals surface area contributed by atoms with Gasteiger partial charge in [-0.15, -0.1) is 0 Å². The first-order valence-electron chi connectivity index (χ1n) is 4.45. The summed E-state index contributed by atoms with van der Waals surface area (Å²) in [4.78, 5) is 4.31. The quantitative estimate of drug-likeness (QED) is 0.747. The average molecular weight is 248 g/mol. The lowest BCUT2D eigenvalue weighted by Gasteiger charge is -2.04. The van der Waals surface area contributed by atoms with Crippen LogP contribution in [0.15, 0.2) is 47.1 Å². The summed E-state index contributed by atoms with van der Waals surface area (Å²) < 4.78 is 1.09. The van der Waals surface area contributed by atoms with E-state index in [1.54, 1.807) is 0 Å². The molecular formula is C12H10BrN. The highest BCUT2D eigenvalue weighted by Gasteiger charge is 2.02. The van der Waals surface area contributed by atoms with E-state index in [0.717, 1.165) is 15.7 Å². The first-order valence-corrected chi connectivity index (χ1v) is 5.24. The van der Waals surface area contributed by atoms with E-state index in [2.05, 4.69) is 46.0 Å². The Balaban J connectivity index is 2.53. The first kappa shape index (κ1) is 9.41. The molecule has 1 aromatic heterocycles. The third-order valence-electron chi connectivity index (χ3n) is 2.07. The number of benzene rings is 1. The Hall–Kier alpha value is -1.15. The molecule has 0 unspecified atom stereocenters. The Morgan fingerprint density at radius 2 is 2.00 bits per heavy atom. The molecule has 0 radical (unpaired) electrons. The molecule has 0 aliphatic heterocycles. The zero-order chi connectivity index (χ0) is 9.97. The Labute approximate surface area is 91.9 Å². The fourth-order valence-corrected chi connectivity index (χ4v) is 2.05. The van der Waals surface area contributed by atoms with Crippen LogP contribution in [0.25, 0.3) is 11.3 Å². The van der Waals surface area contributed by atoms with Gasteiger partial charge in [0.1, 0.15) is 0 Å². The van der Waals surface area contributed by atoms with E-state index < -0.39 is 0 Å². The van der Waals surface area contributed by atoms with Crippen LogP contribution >= 0.6 is 15.9 Å². The Morgan fingerprint density at radius 1 is 1.14 bits per heavy atom. The van der Waals surface area contributed by atoms with Gasteiger partial charge in [-0.2, -0.15) is 0 Å². The lowest BCUT2D eigenvalue weighted by atomic mass is 10.1. The van der Waals surface area contributed by atoms with Crippen molar-refractivity contribution in [1.82, 2.24) is 4.98 Å². The van der Waals surface area contributed by atoms with Crippen molar-refractivity contribution in [2.75, 3.05) is 0 Å². The minimum atomic E-state index is 0.999. The lowest BCUT2D eigenvalue weighted by molar-refractivity contribution is 1.31. The molecule has 0 bridgehead atoms. The molecule has 1 nitrogen and oxygen atoms in total. The molecule has 0 fully saturated rings. The highest BCUT2D eigenvalue weighted by molar-refractivity contribution is 9.10. The van der Waals surface area contributed by atoms with Crippen molar-refractivity contribution in [2.24, 2.45) is 0 Å². The number of rotatable bonds is 1. The summed E-state index contributed by atoms with van der Waals surface area (Å²) in [5.41, 5.74) is 3.38. The predicted molar refractivity (Wildman–Crippen MR) is 62.1 cm³/mol. The van der Waals surface area contributed by atoms with E-state index in [9.17, 15) is 0 Å². The summed E-state index contributed by atoms with van der Waals surface area (Å²) >= 11 is 3.54. The summed E-state index contributed by atoms with van der Waals surface area (Å²) in [7, 11) is 0. The van der Waals surface area contributed by atoms with E-state index in [1.165, 1.54) is 5.56 Å². The molecule has 0 saturated carbocycles. The van der Waals surface area contributed by atoms with Crippen LogP contribution in [0.4, 0.5) is 0 Å². The third kappa shape index (κ3) is 1.85. The summed E-state index contributed by atoms with van der Waals surface area (Å²) in [5.74, 6) is 0. The van der Waals surface area contributed by atoms with Crippen molar-refractivity contribution in [3.63, 3.8) is 0 Å². The summed E-state index contributed by atoms with van der Waals surface area (Å²) in [5, 5.41) is 0. The van der Waals surface area contributed by atoms with Crippen molar-refractivity contribution >= 4 is 15.9 Å². The van der Waals surface area contributed by atoms with Gasteiger partial charge in [-0.1, -0.05) is 34.1 Å². The zero-order valence-electron chi connectivity index (χ0n) is 7.87. The average Bonchev–Trinajstić information content (AvgIpc) is 2.19. The van der Waals surface area contributed by atoms with Crippen LogP contribution < -0.4 is 0 Å². The van der Waals surface area contributed by atoms with Gasteiger partial charge in [-0.25, -0.2) is 0 Å². The van der Waals surface area contributed by atoms with Gasteiger partial charge in [-0.05, 0) is 30.7 Å². The molecule has 14 heavy (non-hydrogen) atoms. The second kappa shape index (κ2) is 3.93. The monoisotopic (exact) mass is 247 g/mol. The predicted octanol–water partition coefficient (Wildman–Crippen LogP) is 3.82. The second-order valence-corrected chi connectivity index (χ2v) is 4.05. The van der Waals surface area contributed by atoms with E-state index in [4.69, 9.17) is 0 Å². The van der Waals surface area contributed by atoms with Crippen LogP contribution in [-0.2, 0) is 0 Å². The van der Waals surface area contributed by atoms with Crippen LogP contribution in [0.1, 0.15) is 5.56 Å². The van der Waals surface area contributed by atoms with Crippen molar-refractivity contribution in [1.29, 1.82) is 0 Å². The summed E-state index contributed by atoms with van der Waals surface area (Å²) in [6, 6.07) is 12.2. The van der Waals surface area contributed by atoms with E-state index in [-0.39, 0.29) is 0 Å². The molecule has 1 heterocycles. The molecule has 70 valence electrons. The van der Waals surface area contributed by atoms with Crippen LogP contribution in [-0.4, -0.2) is 4.98 Å². The van der Waals surface area contributed by atoms with Crippen LogP contribution in [0.5, 0.6) is 0 Å². The molecular weight excluding hydrogens is 238 g/mol. The fourth-order valence-electron chi connectivity index (χ4n) is 1.35. The molecule has 0 aliphatic carbocycles. The van der Waals surface area contributed by atoms with Gasteiger partial charge in [-0.3, -0.25) is 4.98 Å². The molecule has 0 amide bonds. The van der Waals surface area contributed by atoms with Gasteiger partial charge in [0, 0.05) is 16.2 Å². The van der Waals surface area contributed by atoms with Gasteiger partial charge >= 0.3 is 0 Å². The Kier molecular flexibility index (Phi) is 2.64. The lowest BCUT2D eigenvalue weighted by Crippen LogP contribution is -1.84. The molecule has 0 atom stereocenters. The van der Waals surface area contributed by atoms with Gasteiger partial charge in [0.15, 0.2) is 0 Å². The number of hydrogen-bond donors (Lipinski definition) is 0. The fraction of sp³-hybridized carbons (Fsp3) is 0.0833. The van der Waals surface area contributed by atoms with E-state index >= 15 is 0 Å². The summed E-state index contributed by atoms with van der Waals surface area (Å²) in [6.45, 7) is 2.08. The maximum Gasteiger partial charge on any atom is 0.0713 e. The molecule has 2 aromatic rings. The van der Waals surface area contributed by atoms with Crippen LogP contribution in [0, 0.1) is 6.92 Å². The normalized spacial score (nSPS) is 10.1. The smallest absolute Gasteiger partial charge is 0.0713 e. The van der Waals surface area contributed by atoms with Crippen LogP contribution in [0.3, 0.4) is 0 Å². The molecule has 2 heteroatoms. The minimum absolute atomic E-state index is 0.999. The molecule has 1 aromatic carbocycles. The molecule has 0 saturated heterocycles. The van der Waals surface area contributed by atoms with Crippen molar-refractivity contribution in [3.05, 3.63) is 52.6 Å². The van der Waals surface area contributed by atoms with Gasteiger partial charge in [0.2, 0.25) is 0 Å². The maximum atomic E-state index is 4.31. The number of hydrogen-bond acceptors (Lipinski definition) is 1. The van der Waals surface area contributed by atoms with Crippen molar-refractivity contribution < 1.29 is 0 Å². The van der Waals surface area contributed by atoms with E-state index in [1.807, 2.05) is 24.4 Å². The molecule has 0 N–H and O–H groups in total. The SMILES string of the molecule is Cc1ccc(-c2ccccn2)c(Br)c1. The number of pyridine rings is 1. The maximum absolute atomic E-state index is 4.31. The highest BCUT2D eigenvalue weighted by Crippen LogP contribution is 2.27. The number of halogens is 1. The third-order valence-corrected chi connectivity index (χ3v) is 2.72. The molecule has 0 aliphatic rings. The van der Waals surface area contributed by atoms with Gasteiger partial charge < -0.3 is 0 Å².